The molecule has 0 unspecified atom stereocenters. The Morgan fingerprint density at radius 2 is 1.65 bits per heavy atom. The highest BCUT2D eigenvalue weighted by atomic mass is 35.6. The second-order valence-electron chi connectivity index (χ2n) is 6.20. The number of oxime groups is 1. The highest BCUT2D eigenvalue weighted by Gasteiger charge is 2.20. The van der Waals surface area contributed by atoms with Crippen molar-refractivity contribution in [1.29, 1.82) is 0 Å². The molecule has 0 N–H and O–H groups in total. The Bertz CT molecular complexity index is 711. The highest BCUT2D eigenvalue weighted by molar-refractivity contribution is 6.67. The zero-order chi connectivity index (χ0) is 23.3. The van der Waals surface area contributed by atoms with Gasteiger partial charge in [-0.3, -0.25) is 0 Å². The van der Waals surface area contributed by atoms with Crippen LogP contribution in [0, 0.1) is 0 Å². The van der Waals surface area contributed by atoms with E-state index in [2.05, 4.69) is 5.16 Å². The molecule has 5 nitrogen and oxygen atoms in total. The summed E-state index contributed by atoms with van der Waals surface area (Å²) in [6.45, 7) is 3.22. The molecule has 0 aliphatic heterocycles. The lowest BCUT2D eigenvalue weighted by atomic mass is 10.2. The maximum Gasteiger partial charge on any atom is 0.226 e. The van der Waals surface area contributed by atoms with Crippen LogP contribution in [-0.2, 0) is 9.57 Å². The molecule has 0 spiro atoms. The van der Waals surface area contributed by atoms with Gasteiger partial charge in [-0.25, -0.2) is 0 Å². The highest BCUT2D eigenvalue weighted by Crippen LogP contribution is 2.37. The summed E-state index contributed by atoms with van der Waals surface area (Å²) in [7, 11) is 0. The summed E-state index contributed by atoms with van der Waals surface area (Å²) in [6.07, 6.45) is 4.08. The lowest BCUT2D eigenvalue weighted by molar-refractivity contribution is 0.136. The molecule has 0 aliphatic rings. The molecule has 0 aromatic heterocycles. The Labute approximate surface area is 217 Å². The van der Waals surface area contributed by atoms with Gasteiger partial charge >= 0.3 is 0 Å². The first-order valence-electron chi connectivity index (χ1n) is 9.14. The summed E-state index contributed by atoms with van der Waals surface area (Å²) in [5, 5.41) is 4.53. The third-order valence-corrected chi connectivity index (χ3v) is 4.60. The monoisotopic (exact) mass is 573 g/mol. The molecule has 0 atom stereocenters. The number of ether oxygens (including phenoxy) is 3. The number of alkyl halides is 3. The van der Waals surface area contributed by atoms with E-state index in [1.807, 2.05) is 0 Å². The molecule has 0 bridgehead atoms. The van der Waals surface area contributed by atoms with Crippen LogP contribution in [0.5, 0.6) is 11.5 Å². The smallest absolute Gasteiger partial charge is 0.226 e. The third-order valence-electron chi connectivity index (χ3n) is 3.40. The van der Waals surface area contributed by atoms with E-state index in [1.165, 1.54) is 6.08 Å². The minimum atomic E-state index is -1.49. The molecule has 0 saturated heterocycles. The van der Waals surface area contributed by atoms with Crippen LogP contribution >= 0.6 is 81.2 Å². The third kappa shape index (κ3) is 14.7. The molecular weight excluding hydrogens is 554 g/mol. The van der Waals surface area contributed by atoms with E-state index in [0.29, 0.717) is 47.1 Å². The van der Waals surface area contributed by atoms with Gasteiger partial charge in [0.15, 0.2) is 12.4 Å². The van der Waals surface area contributed by atoms with Gasteiger partial charge in [-0.1, -0.05) is 86.4 Å². The molecule has 12 heteroatoms. The minimum Gasteiger partial charge on any atom is -0.490 e. The van der Waals surface area contributed by atoms with Crippen molar-refractivity contribution in [3.63, 3.8) is 0 Å². The molecule has 1 rings (SSSR count). The van der Waals surface area contributed by atoms with Crippen LogP contribution in [0.25, 0.3) is 0 Å². The van der Waals surface area contributed by atoms with Gasteiger partial charge in [0.05, 0.1) is 29.0 Å². The van der Waals surface area contributed by atoms with Crippen molar-refractivity contribution >= 4 is 86.9 Å². The summed E-state index contributed by atoms with van der Waals surface area (Å²) in [5.74, 6) is 0.904. The molecule has 0 aliphatic carbocycles. The SMILES string of the molecule is CC(COCCCCCOc1c(Cl)cc(OCC=C(Cl)Cl)cc1Cl)=NOCC(Cl)(Cl)Cl. The fourth-order valence-corrected chi connectivity index (χ4v) is 2.93. The minimum absolute atomic E-state index is 0.122. The molecule has 0 amide bonds. The molecule has 0 saturated carbocycles. The zero-order valence-electron chi connectivity index (χ0n) is 16.6. The van der Waals surface area contributed by atoms with Crippen molar-refractivity contribution in [2.45, 2.75) is 30.0 Å². The molecule has 0 heterocycles. The van der Waals surface area contributed by atoms with Gasteiger partial charge in [-0.2, -0.15) is 0 Å². The first-order chi connectivity index (χ1) is 14.6. The van der Waals surface area contributed by atoms with Crippen LogP contribution in [-0.4, -0.2) is 42.5 Å². The number of benzene rings is 1. The van der Waals surface area contributed by atoms with Gasteiger partial charge in [0.25, 0.3) is 0 Å². The van der Waals surface area contributed by atoms with Crippen molar-refractivity contribution in [3.8, 4) is 11.5 Å². The fraction of sp³-hybridized carbons (Fsp3) is 0.526. The Morgan fingerprint density at radius 1 is 1.00 bits per heavy atom. The molecule has 0 radical (unpaired) electrons. The summed E-state index contributed by atoms with van der Waals surface area (Å²) in [4.78, 5) is 4.92. The van der Waals surface area contributed by atoms with Crippen molar-refractivity contribution in [1.82, 2.24) is 0 Å². The van der Waals surface area contributed by atoms with E-state index in [4.69, 9.17) is 100 Å². The predicted octanol–water partition coefficient (Wildman–Crippen LogP) is 8.02. The van der Waals surface area contributed by atoms with Crippen LogP contribution in [0.2, 0.25) is 10.0 Å². The topological polar surface area (TPSA) is 49.3 Å². The van der Waals surface area contributed by atoms with Crippen molar-refractivity contribution < 1.29 is 19.0 Å². The number of unbranched alkanes of at least 4 members (excludes halogenated alkanes) is 2. The van der Waals surface area contributed by atoms with E-state index in [1.54, 1.807) is 19.1 Å². The molecule has 31 heavy (non-hydrogen) atoms. The van der Waals surface area contributed by atoms with Gasteiger partial charge in [0.2, 0.25) is 3.79 Å². The van der Waals surface area contributed by atoms with E-state index in [9.17, 15) is 0 Å². The molecular formula is C19H22Cl7NO4. The summed E-state index contributed by atoms with van der Waals surface area (Å²) in [6, 6.07) is 3.24. The van der Waals surface area contributed by atoms with E-state index in [0.717, 1.165) is 19.3 Å². The lowest BCUT2D eigenvalue weighted by Crippen LogP contribution is -2.12. The van der Waals surface area contributed by atoms with Crippen LogP contribution in [0.3, 0.4) is 0 Å². The summed E-state index contributed by atoms with van der Waals surface area (Å²) < 4.78 is 15.3. The zero-order valence-corrected chi connectivity index (χ0v) is 21.9. The van der Waals surface area contributed by atoms with Gasteiger partial charge in [0.1, 0.15) is 16.8 Å². The maximum atomic E-state index is 6.23. The first kappa shape index (κ1) is 29.1. The predicted molar refractivity (Wildman–Crippen MR) is 131 cm³/mol. The summed E-state index contributed by atoms with van der Waals surface area (Å²) >= 11 is 40.2. The van der Waals surface area contributed by atoms with Crippen molar-refractivity contribution in [2.24, 2.45) is 5.16 Å². The average molecular weight is 577 g/mol. The Morgan fingerprint density at radius 3 is 2.26 bits per heavy atom. The molecule has 1 aromatic carbocycles. The number of rotatable bonds is 14. The van der Waals surface area contributed by atoms with E-state index in [-0.39, 0.29) is 17.7 Å². The Kier molecular flexibility index (Phi) is 14.8. The first-order valence-corrected chi connectivity index (χ1v) is 11.8. The Hall–Kier alpha value is 0.0200. The van der Waals surface area contributed by atoms with E-state index < -0.39 is 3.79 Å². The number of hydrogen-bond acceptors (Lipinski definition) is 5. The number of nitrogens with zero attached hydrogens (tertiary/aromatic N) is 1. The van der Waals surface area contributed by atoms with Crippen LogP contribution in [0.4, 0.5) is 0 Å². The summed E-state index contributed by atoms with van der Waals surface area (Å²) in [5.41, 5.74) is 0.649. The quantitative estimate of drug-likeness (QED) is 0.0974. The second-order valence-corrected chi connectivity index (χ2v) is 10.5. The maximum absolute atomic E-state index is 6.23. The average Bonchev–Trinajstić information content (AvgIpc) is 2.64. The number of halogens is 7. The van der Waals surface area contributed by atoms with E-state index >= 15 is 0 Å². The van der Waals surface area contributed by atoms with Gasteiger partial charge in [0, 0.05) is 18.7 Å². The number of hydrogen-bond donors (Lipinski definition) is 0. The largest absolute Gasteiger partial charge is 0.490 e. The second kappa shape index (κ2) is 15.8. The molecule has 0 fully saturated rings. The molecule has 176 valence electrons. The lowest BCUT2D eigenvalue weighted by Gasteiger charge is -2.12. The standard InChI is InChI=1S/C19H22Cl7NO4/c1-13(27-31-12-19(24,25)26)11-28-6-3-2-4-7-30-18-15(20)9-14(10-16(18)21)29-8-5-17(22)23/h5,9-10H,2-4,6-8,11-12H2,1H3. The van der Waals surface area contributed by atoms with Crippen LogP contribution < -0.4 is 9.47 Å². The van der Waals surface area contributed by atoms with Crippen molar-refractivity contribution in [3.05, 3.63) is 32.7 Å². The normalized spacial score (nSPS) is 11.9. The van der Waals surface area contributed by atoms with Crippen molar-refractivity contribution in [2.75, 3.05) is 33.0 Å². The van der Waals surface area contributed by atoms with Crippen LogP contribution in [0.15, 0.2) is 27.9 Å². The van der Waals surface area contributed by atoms with Crippen LogP contribution in [0.1, 0.15) is 26.2 Å². The Balaban J connectivity index is 2.21. The van der Waals surface area contributed by atoms with Gasteiger partial charge in [-0.05, 0) is 32.3 Å². The molecule has 1 aromatic rings. The van der Waals surface area contributed by atoms with Gasteiger partial charge in [-0.15, -0.1) is 0 Å². The van der Waals surface area contributed by atoms with Gasteiger partial charge < -0.3 is 19.0 Å². The fourth-order valence-electron chi connectivity index (χ4n) is 2.08.